The van der Waals surface area contributed by atoms with Gasteiger partial charge in [0.2, 0.25) is 0 Å². The second-order valence-corrected chi connectivity index (χ2v) is 0.930. The highest BCUT2D eigenvalue weighted by molar-refractivity contribution is 5.51. The molecule has 1 unspecified atom stereocenters. The standard InChI is InChI=1S/C3H8N2O/c1-3(6)5-2-4/h2-3,6H,1H3,(H2,4,5). The van der Waals surface area contributed by atoms with Gasteiger partial charge in [0.15, 0.2) is 0 Å². The van der Waals surface area contributed by atoms with Crippen LogP contribution in [0, 0.1) is 0 Å². The van der Waals surface area contributed by atoms with Crippen molar-refractivity contribution in [2.75, 3.05) is 0 Å². The monoisotopic (exact) mass is 88.1 g/mol. The second-order valence-electron chi connectivity index (χ2n) is 0.930. The lowest BCUT2D eigenvalue weighted by atomic mass is 10.7. The molecule has 0 saturated heterocycles. The Hall–Kier alpha value is -0.570. The lowest BCUT2D eigenvalue weighted by molar-refractivity contribution is 0.206. The van der Waals surface area contributed by atoms with E-state index in [-0.39, 0.29) is 0 Å². The molecule has 3 nitrogen and oxygen atoms in total. The van der Waals surface area contributed by atoms with Crippen LogP contribution in [0.15, 0.2) is 4.99 Å². The molecule has 0 heterocycles. The Morgan fingerprint density at radius 2 is 2.50 bits per heavy atom. The van der Waals surface area contributed by atoms with Crippen molar-refractivity contribution in [3.8, 4) is 0 Å². The third-order valence-corrected chi connectivity index (χ3v) is 0.302. The van der Waals surface area contributed by atoms with Gasteiger partial charge < -0.3 is 10.8 Å². The van der Waals surface area contributed by atoms with Gasteiger partial charge in [0.25, 0.3) is 0 Å². The van der Waals surface area contributed by atoms with E-state index in [4.69, 9.17) is 10.8 Å². The fourth-order valence-corrected chi connectivity index (χ4v) is 0.125. The van der Waals surface area contributed by atoms with Crippen LogP contribution < -0.4 is 5.73 Å². The minimum absolute atomic E-state index is 0.657. The molecule has 0 aliphatic rings. The van der Waals surface area contributed by atoms with Crippen LogP contribution >= 0.6 is 0 Å². The first-order chi connectivity index (χ1) is 2.77. The van der Waals surface area contributed by atoms with Gasteiger partial charge in [-0.05, 0) is 6.92 Å². The molecular formula is C3H8N2O. The van der Waals surface area contributed by atoms with Crippen molar-refractivity contribution in [1.82, 2.24) is 0 Å². The van der Waals surface area contributed by atoms with Crippen LogP contribution in [0.3, 0.4) is 0 Å². The quantitative estimate of drug-likeness (QED) is 0.329. The zero-order valence-electron chi connectivity index (χ0n) is 3.63. The zero-order valence-corrected chi connectivity index (χ0v) is 3.63. The van der Waals surface area contributed by atoms with E-state index < -0.39 is 6.23 Å². The largest absolute Gasteiger partial charge is 0.390 e. The normalized spacial score (nSPS) is 15.7. The van der Waals surface area contributed by atoms with Gasteiger partial charge >= 0.3 is 0 Å². The molecule has 0 rings (SSSR count). The van der Waals surface area contributed by atoms with E-state index in [0.717, 1.165) is 6.34 Å². The molecule has 0 aliphatic heterocycles. The van der Waals surface area contributed by atoms with Crippen molar-refractivity contribution in [2.45, 2.75) is 13.2 Å². The van der Waals surface area contributed by atoms with Crippen molar-refractivity contribution in [3.63, 3.8) is 0 Å². The van der Waals surface area contributed by atoms with Crippen molar-refractivity contribution < 1.29 is 5.11 Å². The van der Waals surface area contributed by atoms with E-state index in [2.05, 4.69) is 4.99 Å². The summed E-state index contributed by atoms with van der Waals surface area (Å²) in [6.45, 7) is 1.53. The fourth-order valence-electron chi connectivity index (χ4n) is 0.125. The maximum Gasteiger partial charge on any atom is 0.144 e. The molecule has 0 saturated carbocycles. The van der Waals surface area contributed by atoms with E-state index in [1.54, 1.807) is 0 Å². The Morgan fingerprint density at radius 1 is 2.00 bits per heavy atom. The van der Waals surface area contributed by atoms with Crippen molar-refractivity contribution >= 4 is 6.34 Å². The van der Waals surface area contributed by atoms with E-state index in [9.17, 15) is 0 Å². The molecule has 1 atom stereocenters. The molecule has 3 heteroatoms. The molecular weight excluding hydrogens is 80.0 g/mol. The second kappa shape index (κ2) is 2.66. The Bertz CT molecular complexity index is 50.8. The number of rotatable bonds is 1. The predicted molar refractivity (Wildman–Crippen MR) is 24.4 cm³/mol. The van der Waals surface area contributed by atoms with Gasteiger partial charge in [0, 0.05) is 0 Å². The van der Waals surface area contributed by atoms with Crippen LogP contribution in [-0.4, -0.2) is 17.7 Å². The summed E-state index contributed by atoms with van der Waals surface area (Å²) in [7, 11) is 0. The van der Waals surface area contributed by atoms with Crippen LogP contribution in [-0.2, 0) is 0 Å². The Morgan fingerprint density at radius 3 is 2.50 bits per heavy atom. The third kappa shape index (κ3) is 3.43. The molecule has 0 aromatic carbocycles. The van der Waals surface area contributed by atoms with Crippen molar-refractivity contribution in [1.29, 1.82) is 0 Å². The van der Waals surface area contributed by atoms with Crippen LogP contribution in [0.1, 0.15) is 6.92 Å². The third-order valence-electron chi connectivity index (χ3n) is 0.302. The SMILES string of the molecule is CC(O)N=CN. The predicted octanol–water partition coefficient (Wildman–Crippen LogP) is -0.688. The smallest absolute Gasteiger partial charge is 0.144 e. The Kier molecular flexibility index (Phi) is 2.40. The average molecular weight is 88.1 g/mol. The minimum Gasteiger partial charge on any atom is -0.390 e. The Balaban J connectivity index is 3.03. The first-order valence-electron chi connectivity index (χ1n) is 1.69. The summed E-state index contributed by atoms with van der Waals surface area (Å²) in [5.41, 5.74) is 4.78. The maximum absolute atomic E-state index is 8.27. The van der Waals surface area contributed by atoms with Crippen LogP contribution in [0.2, 0.25) is 0 Å². The molecule has 0 bridgehead atoms. The molecule has 0 fully saturated rings. The molecule has 0 aliphatic carbocycles. The molecule has 3 N–H and O–H groups in total. The minimum atomic E-state index is -0.657. The van der Waals surface area contributed by atoms with E-state index in [1.807, 2.05) is 0 Å². The fraction of sp³-hybridized carbons (Fsp3) is 0.667. The highest BCUT2D eigenvalue weighted by Crippen LogP contribution is 1.73. The molecule has 0 aromatic heterocycles. The van der Waals surface area contributed by atoms with Gasteiger partial charge in [-0.2, -0.15) is 0 Å². The molecule has 0 radical (unpaired) electrons. The van der Waals surface area contributed by atoms with E-state index >= 15 is 0 Å². The lowest BCUT2D eigenvalue weighted by Crippen LogP contribution is -1.98. The molecule has 0 amide bonds. The molecule has 0 aromatic rings. The van der Waals surface area contributed by atoms with Crippen LogP contribution in [0.5, 0.6) is 0 Å². The molecule has 0 spiro atoms. The first kappa shape index (κ1) is 5.43. The number of aliphatic hydroxyl groups is 1. The van der Waals surface area contributed by atoms with Gasteiger partial charge in [-0.1, -0.05) is 0 Å². The van der Waals surface area contributed by atoms with Gasteiger partial charge in [-0.15, -0.1) is 0 Å². The highest BCUT2D eigenvalue weighted by atomic mass is 16.3. The van der Waals surface area contributed by atoms with Crippen LogP contribution in [0.4, 0.5) is 0 Å². The first-order valence-corrected chi connectivity index (χ1v) is 1.69. The summed E-state index contributed by atoms with van der Waals surface area (Å²) >= 11 is 0. The van der Waals surface area contributed by atoms with Gasteiger partial charge in [0.05, 0.1) is 6.34 Å². The molecule has 6 heavy (non-hydrogen) atoms. The van der Waals surface area contributed by atoms with E-state index in [0.29, 0.717) is 0 Å². The Labute approximate surface area is 36.5 Å². The maximum atomic E-state index is 8.27. The molecule has 36 valence electrons. The number of nitrogens with two attached hydrogens (primary N) is 1. The van der Waals surface area contributed by atoms with Gasteiger partial charge in [-0.25, -0.2) is 4.99 Å². The summed E-state index contributed by atoms with van der Waals surface area (Å²) in [5.74, 6) is 0. The van der Waals surface area contributed by atoms with Gasteiger partial charge in [0.1, 0.15) is 6.23 Å². The van der Waals surface area contributed by atoms with Crippen molar-refractivity contribution in [3.05, 3.63) is 0 Å². The van der Waals surface area contributed by atoms with Crippen LogP contribution in [0.25, 0.3) is 0 Å². The highest BCUT2D eigenvalue weighted by Gasteiger charge is 1.78. The van der Waals surface area contributed by atoms with E-state index in [1.165, 1.54) is 6.92 Å². The van der Waals surface area contributed by atoms with Gasteiger partial charge in [-0.3, -0.25) is 0 Å². The number of aliphatic hydroxyl groups excluding tert-OH is 1. The summed E-state index contributed by atoms with van der Waals surface area (Å²) < 4.78 is 0. The number of hydrogen-bond acceptors (Lipinski definition) is 2. The topological polar surface area (TPSA) is 58.6 Å². The number of nitrogens with zero attached hydrogens (tertiary/aromatic N) is 1. The lowest BCUT2D eigenvalue weighted by Gasteiger charge is -1.87. The number of hydrogen-bond donors (Lipinski definition) is 2. The van der Waals surface area contributed by atoms with Crippen molar-refractivity contribution in [2.24, 2.45) is 10.7 Å². The average Bonchev–Trinajstić information content (AvgIpc) is 1.35. The zero-order chi connectivity index (χ0) is 4.99. The summed E-state index contributed by atoms with van der Waals surface area (Å²) in [6, 6.07) is 0. The summed E-state index contributed by atoms with van der Waals surface area (Å²) in [6.07, 6.45) is 0.417. The summed E-state index contributed by atoms with van der Waals surface area (Å²) in [4.78, 5) is 3.33. The number of aliphatic imine (C=N–C) groups is 1. The summed E-state index contributed by atoms with van der Waals surface area (Å²) in [5, 5.41) is 8.27.